The molecule has 1 aliphatic rings. The van der Waals surface area contributed by atoms with E-state index < -0.39 is 10.0 Å². The van der Waals surface area contributed by atoms with Crippen LogP contribution < -0.4 is 10.0 Å². The van der Waals surface area contributed by atoms with Crippen LogP contribution in [0.5, 0.6) is 0 Å². The summed E-state index contributed by atoms with van der Waals surface area (Å²) in [7, 11) is -3.48. The van der Waals surface area contributed by atoms with Crippen molar-refractivity contribution in [3.63, 3.8) is 0 Å². The topological polar surface area (TPSA) is 93.1 Å². The Hall–Kier alpha value is -2.19. The molecule has 0 bridgehead atoms. The first kappa shape index (κ1) is 16.7. The number of benzene rings is 1. The standard InChI is InChI=1S/C16H20N4O3S/c21-16(17-9-1-11-20-12-2-10-18-20)13-3-7-15(8-4-13)24(22,23)19-14-5-6-14/h2-4,7-8,10,12,14,19H,1,5-6,9,11H2,(H,17,21). The van der Waals surface area contributed by atoms with Crippen molar-refractivity contribution in [3.8, 4) is 0 Å². The van der Waals surface area contributed by atoms with E-state index in [0.29, 0.717) is 12.1 Å². The lowest BCUT2D eigenvalue weighted by Crippen LogP contribution is -2.27. The summed E-state index contributed by atoms with van der Waals surface area (Å²) in [4.78, 5) is 12.2. The van der Waals surface area contributed by atoms with Gasteiger partial charge >= 0.3 is 0 Å². The number of sulfonamides is 1. The molecule has 1 heterocycles. The number of nitrogens with zero attached hydrogens (tertiary/aromatic N) is 2. The minimum Gasteiger partial charge on any atom is -0.352 e. The lowest BCUT2D eigenvalue weighted by molar-refractivity contribution is 0.0952. The number of aromatic nitrogens is 2. The van der Waals surface area contributed by atoms with E-state index in [1.165, 1.54) is 24.3 Å². The Balaban J connectivity index is 1.50. The zero-order valence-corrected chi connectivity index (χ0v) is 14.0. The van der Waals surface area contributed by atoms with Gasteiger partial charge in [-0.15, -0.1) is 0 Å². The van der Waals surface area contributed by atoms with Crippen molar-refractivity contribution < 1.29 is 13.2 Å². The van der Waals surface area contributed by atoms with Crippen LogP contribution >= 0.6 is 0 Å². The molecule has 1 aliphatic carbocycles. The van der Waals surface area contributed by atoms with Gasteiger partial charge < -0.3 is 5.32 Å². The largest absolute Gasteiger partial charge is 0.352 e. The summed E-state index contributed by atoms with van der Waals surface area (Å²) in [6.07, 6.45) is 6.13. The molecule has 0 radical (unpaired) electrons. The SMILES string of the molecule is O=C(NCCCn1cccn1)c1ccc(S(=O)(=O)NC2CC2)cc1. The quantitative estimate of drug-likeness (QED) is 0.700. The lowest BCUT2D eigenvalue weighted by Gasteiger charge is -2.08. The summed E-state index contributed by atoms with van der Waals surface area (Å²) in [5, 5.41) is 6.91. The zero-order chi connectivity index (χ0) is 17.0. The molecule has 0 unspecified atom stereocenters. The van der Waals surface area contributed by atoms with Gasteiger partial charge in [-0.1, -0.05) is 0 Å². The highest BCUT2D eigenvalue weighted by atomic mass is 32.2. The Morgan fingerprint density at radius 1 is 1.25 bits per heavy atom. The second-order valence-electron chi connectivity index (χ2n) is 5.80. The van der Waals surface area contributed by atoms with Gasteiger partial charge in [0.05, 0.1) is 4.90 Å². The van der Waals surface area contributed by atoms with Gasteiger partial charge in [-0.3, -0.25) is 9.48 Å². The first-order valence-corrected chi connectivity index (χ1v) is 9.41. The van der Waals surface area contributed by atoms with Crippen molar-refractivity contribution in [1.29, 1.82) is 0 Å². The van der Waals surface area contributed by atoms with Gasteiger partial charge in [0.1, 0.15) is 0 Å². The number of hydrogen-bond acceptors (Lipinski definition) is 4. The van der Waals surface area contributed by atoms with Crippen molar-refractivity contribution in [1.82, 2.24) is 19.8 Å². The van der Waals surface area contributed by atoms with Crippen LogP contribution in [0.2, 0.25) is 0 Å². The third-order valence-corrected chi connectivity index (χ3v) is 5.27. The van der Waals surface area contributed by atoms with Gasteiger partial charge in [0.25, 0.3) is 5.91 Å². The number of carbonyl (C=O) groups is 1. The number of hydrogen-bond donors (Lipinski definition) is 2. The molecule has 1 aromatic heterocycles. The second-order valence-corrected chi connectivity index (χ2v) is 7.51. The number of carbonyl (C=O) groups excluding carboxylic acids is 1. The van der Waals surface area contributed by atoms with Gasteiger partial charge in [0.2, 0.25) is 10.0 Å². The summed E-state index contributed by atoms with van der Waals surface area (Å²) in [6, 6.07) is 7.90. The van der Waals surface area contributed by atoms with Crippen molar-refractivity contribution in [2.24, 2.45) is 0 Å². The van der Waals surface area contributed by atoms with Crippen LogP contribution in [0.3, 0.4) is 0 Å². The molecule has 7 nitrogen and oxygen atoms in total. The molecule has 2 aromatic rings. The highest BCUT2D eigenvalue weighted by molar-refractivity contribution is 7.89. The van der Waals surface area contributed by atoms with E-state index in [1.54, 1.807) is 10.9 Å². The number of nitrogens with one attached hydrogen (secondary N) is 2. The van der Waals surface area contributed by atoms with Crippen molar-refractivity contribution in [2.45, 2.75) is 36.7 Å². The summed E-state index contributed by atoms with van der Waals surface area (Å²) in [5.41, 5.74) is 0.444. The summed E-state index contributed by atoms with van der Waals surface area (Å²) in [6.45, 7) is 1.26. The first-order chi connectivity index (χ1) is 11.5. The molecule has 0 spiro atoms. The Bertz CT molecular complexity index is 781. The Morgan fingerprint density at radius 2 is 2.00 bits per heavy atom. The molecule has 0 saturated heterocycles. The van der Waals surface area contributed by atoms with Gasteiger partial charge in [-0.25, -0.2) is 13.1 Å². The van der Waals surface area contributed by atoms with E-state index in [0.717, 1.165) is 25.8 Å². The van der Waals surface area contributed by atoms with E-state index in [4.69, 9.17) is 0 Å². The third-order valence-electron chi connectivity index (χ3n) is 3.73. The molecule has 8 heteroatoms. The minimum absolute atomic E-state index is 0.0627. The van der Waals surface area contributed by atoms with Gasteiger partial charge in [0, 0.05) is 37.1 Å². The molecule has 1 amide bonds. The molecule has 1 fully saturated rings. The Labute approximate surface area is 141 Å². The fourth-order valence-electron chi connectivity index (χ4n) is 2.25. The minimum atomic E-state index is -3.48. The van der Waals surface area contributed by atoms with Crippen LogP contribution in [0.4, 0.5) is 0 Å². The van der Waals surface area contributed by atoms with Crippen molar-refractivity contribution in [2.75, 3.05) is 6.54 Å². The van der Waals surface area contributed by atoms with Gasteiger partial charge in [-0.05, 0) is 49.6 Å². The molecule has 1 aromatic carbocycles. The molecular weight excluding hydrogens is 328 g/mol. The maximum absolute atomic E-state index is 12.1. The molecule has 1 saturated carbocycles. The van der Waals surface area contributed by atoms with Crippen LogP contribution in [-0.2, 0) is 16.6 Å². The Morgan fingerprint density at radius 3 is 2.62 bits per heavy atom. The number of amides is 1. The fraction of sp³-hybridized carbons (Fsp3) is 0.375. The smallest absolute Gasteiger partial charge is 0.251 e. The molecule has 3 rings (SSSR count). The van der Waals surface area contributed by atoms with Gasteiger partial charge in [0.15, 0.2) is 0 Å². The average Bonchev–Trinajstić information content (AvgIpc) is 3.22. The molecule has 0 aliphatic heterocycles. The average molecular weight is 348 g/mol. The normalized spacial score (nSPS) is 14.5. The molecular formula is C16H20N4O3S. The van der Waals surface area contributed by atoms with Crippen molar-refractivity contribution >= 4 is 15.9 Å². The van der Waals surface area contributed by atoms with E-state index in [1.807, 2.05) is 12.3 Å². The van der Waals surface area contributed by atoms with Gasteiger partial charge in [-0.2, -0.15) is 5.10 Å². The number of aryl methyl sites for hydroxylation is 1. The van der Waals surface area contributed by atoms with E-state index in [-0.39, 0.29) is 16.8 Å². The van der Waals surface area contributed by atoms with Crippen molar-refractivity contribution in [3.05, 3.63) is 48.3 Å². The lowest BCUT2D eigenvalue weighted by atomic mass is 10.2. The first-order valence-electron chi connectivity index (χ1n) is 7.93. The van der Waals surface area contributed by atoms with Crippen LogP contribution in [0.1, 0.15) is 29.6 Å². The summed E-state index contributed by atoms with van der Waals surface area (Å²) in [5.74, 6) is -0.213. The monoisotopic (exact) mass is 348 g/mol. The highest BCUT2D eigenvalue weighted by Crippen LogP contribution is 2.22. The summed E-state index contributed by atoms with van der Waals surface area (Å²) >= 11 is 0. The molecule has 0 atom stereocenters. The van der Waals surface area contributed by atoms with Crippen LogP contribution in [0.15, 0.2) is 47.6 Å². The van der Waals surface area contributed by atoms with Crippen LogP contribution in [-0.4, -0.2) is 36.7 Å². The maximum Gasteiger partial charge on any atom is 0.251 e. The Kier molecular flexibility index (Phi) is 4.96. The molecule has 2 N–H and O–H groups in total. The summed E-state index contributed by atoms with van der Waals surface area (Å²) < 4.78 is 28.6. The second kappa shape index (κ2) is 7.14. The van der Waals surface area contributed by atoms with Crippen LogP contribution in [0.25, 0.3) is 0 Å². The molecule has 128 valence electrons. The van der Waals surface area contributed by atoms with E-state index in [9.17, 15) is 13.2 Å². The predicted octanol–water partition coefficient (Wildman–Crippen LogP) is 1.14. The predicted molar refractivity (Wildman–Crippen MR) is 89.0 cm³/mol. The highest BCUT2D eigenvalue weighted by Gasteiger charge is 2.27. The molecule has 24 heavy (non-hydrogen) atoms. The third kappa shape index (κ3) is 4.42. The van der Waals surface area contributed by atoms with Crippen LogP contribution in [0, 0.1) is 0 Å². The van der Waals surface area contributed by atoms with E-state index in [2.05, 4.69) is 15.1 Å². The fourth-order valence-corrected chi connectivity index (χ4v) is 3.56. The number of rotatable bonds is 8. The van der Waals surface area contributed by atoms with E-state index >= 15 is 0 Å². The maximum atomic E-state index is 12.1. The zero-order valence-electron chi connectivity index (χ0n) is 13.2.